The van der Waals surface area contributed by atoms with Crippen molar-refractivity contribution in [2.45, 2.75) is 72.3 Å². The Morgan fingerprint density at radius 1 is 1.10 bits per heavy atom. The van der Waals surface area contributed by atoms with E-state index < -0.39 is 5.97 Å². The summed E-state index contributed by atoms with van der Waals surface area (Å²) >= 11 is 0. The van der Waals surface area contributed by atoms with E-state index in [9.17, 15) is 9.59 Å². The fourth-order valence-electron chi connectivity index (χ4n) is 5.84. The van der Waals surface area contributed by atoms with Gasteiger partial charge in [0.25, 0.3) is 0 Å². The van der Waals surface area contributed by atoms with Gasteiger partial charge in [0.2, 0.25) is 0 Å². The van der Waals surface area contributed by atoms with Gasteiger partial charge in [-0.05, 0) is 61.4 Å². The lowest BCUT2D eigenvalue weighted by Crippen LogP contribution is -2.43. The smallest absolute Gasteiger partial charge is 0.378 e. The summed E-state index contributed by atoms with van der Waals surface area (Å²) < 4.78 is 8.28. The Morgan fingerprint density at radius 3 is 2.50 bits per heavy atom. The van der Waals surface area contributed by atoms with Crippen LogP contribution in [0.1, 0.15) is 80.9 Å². The number of fused-ring (bicyclic) bond motifs is 3. The Bertz CT molecular complexity index is 1200. The van der Waals surface area contributed by atoms with Gasteiger partial charge in [0.15, 0.2) is 5.43 Å². The van der Waals surface area contributed by atoms with E-state index in [1.54, 1.807) is 6.20 Å². The van der Waals surface area contributed by atoms with Crippen LogP contribution in [0.25, 0.3) is 11.3 Å². The van der Waals surface area contributed by atoms with Crippen LogP contribution in [0.15, 0.2) is 29.2 Å². The average Bonchev–Trinajstić information content (AvgIpc) is 2.91. The first kappa shape index (κ1) is 32.1. The number of benzene rings is 1. The van der Waals surface area contributed by atoms with Crippen LogP contribution in [0.3, 0.4) is 0 Å². The highest BCUT2D eigenvalue weighted by atomic mass is 35.5. The predicted molar refractivity (Wildman–Crippen MR) is 161 cm³/mol. The minimum absolute atomic E-state index is 0. The van der Waals surface area contributed by atoms with Gasteiger partial charge in [-0.2, -0.15) is 4.89 Å². The van der Waals surface area contributed by atoms with Gasteiger partial charge in [0.1, 0.15) is 11.3 Å². The maximum Gasteiger partial charge on any atom is 0.378 e. The summed E-state index contributed by atoms with van der Waals surface area (Å²) in [6.07, 6.45) is 7.64. The van der Waals surface area contributed by atoms with Crippen LogP contribution < -0.4 is 15.5 Å². The highest BCUT2D eigenvalue weighted by Crippen LogP contribution is 2.44. The third-order valence-electron chi connectivity index (χ3n) is 7.99. The zero-order valence-electron chi connectivity index (χ0n) is 24.7. The van der Waals surface area contributed by atoms with Crippen molar-refractivity contribution in [2.75, 3.05) is 46.4 Å². The van der Waals surface area contributed by atoms with Crippen LogP contribution in [0.2, 0.25) is 0 Å². The van der Waals surface area contributed by atoms with Crippen molar-refractivity contribution < 1.29 is 19.3 Å². The monoisotopic (exact) mass is 575 g/mol. The second kappa shape index (κ2) is 14.5. The maximum atomic E-state index is 13.4. The van der Waals surface area contributed by atoms with Gasteiger partial charge in [-0.3, -0.25) is 9.68 Å². The van der Waals surface area contributed by atoms with Crippen LogP contribution in [-0.4, -0.2) is 61.9 Å². The summed E-state index contributed by atoms with van der Waals surface area (Å²) in [6, 6.07) is 6.25. The first-order valence-electron chi connectivity index (χ1n) is 14.5. The molecule has 1 aromatic carbocycles. The largest absolute Gasteiger partial charge is 0.494 e. The van der Waals surface area contributed by atoms with E-state index >= 15 is 0 Å². The van der Waals surface area contributed by atoms with Gasteiger partial charge in [-0.25, -0.2) is 4.79 Å². The fourth-order valence-corrected chi connectivity index (χ4v) is 5.84. The fraction of sp³-hybridized carbons (Fsp3) is 0.613. The Labute approximate surface area is 244 Å². The summed E-state index contributed by atoms with van der Waals surface area (Å²) in [7, 11) is 1.26. The minimum atomic E-state index is -0.765. The lowest BCUT2D eigenvalue weighted by atomic mass is 9.78. The van der Waals surface area contributed by atoms with E-state index in [1.165, 1.54) is 38.5 Å². The molecular formula is C31H46ClN3O5. The number of carbonyl (C=O) groups is 1. The number of aromatic nitrogens is 1. The van der Waals surface area contributed by atoms with Gasteiger partial charge in [0.05, 0.1) is 19.4 Å². The molecule has 1 unspecified atom stereocenters. The summed E-state index contributed by atoms with van der Waals surface area (Å²) in [6.45, 7) is 15.0. The molecule has 3 heterocycles. The quantitative estimate of drug-likeness (QED) is 0.224. The number of hydrogen-bond donors (Lipinski definition) is 1. The number of hydrogen-bond acceptors (Lipinski definition) is 7. The number of ether oxygens (including phenoxy) is 1. The summed E-state index contributed by atoms with van der Waals surface area (Å²) in [5.41, 5.74) is 3.28. The molecule has 0 saturated carbocycles. The topological polar surface area (TPSA) is 82.0 Å². The Hall–Kier alpha value is -2.39. The van der Waals surface area contributed by atoms with E-state index in [-0.39, 0.29) is 34.9 Å². The van der Waals surface area contributed by atoms with Crippen molar-refractivity contribution in [3.63, 3.8) is 0 Å². The van der Waals surface area contributed by atoms with E-state index in [2.05, 4.69) is 52.6 Å². The molecule has 40 heavy (non-hydrogen) atoms. The Morgan fingerprint density at radius 2 is 1.82 bits per heavy atom. The van der Waals surface area contributed by atoms with Crippen LogP contribution in [0.4, 0.5) is 0 Å². The molecular weight excluding hydrogens is 530 g/mol. The molecule has 1 aromatic heterocycles. The predicted octanol–water partition coefficient (Wildman–Crippen LogP) is 5.21. The SMILES string of the molecule is CCc1c2n(cc(C(=O)OOC)c1=O)C(C(C)(C)C)Cc1cc(OCCCCCCN3CCNCC3)ccc1-2.Cl. The van der Waals surface area contributed by atoms with Crippen LogP contribution in [-0.2, 0) is 22.6 Å². The average molecular weight is 576 g/mol. The number of nitrogens with zero attached hydrogens (tertiary/aromatic N) is 2. The summed E-state index contributed by atoms with van der Waals surface area (Å²) in [5, 5.41) is 3.41. The Balaban J connectivity index is 0.00000441. The number of halogens is 1. The first-order chi connectivity index (χ1) is 18.7. The highest BCUT2D eigenvalue weighted by molar-refractivity contribution is 5.89. The van der Waals surface area contributed by atoms with Gasteiger partial charge < -0.3 is 19.5 Å². The second-order valence-corrected chi connectivity index (χ2v) is 11.8. The minimum Gasteiger partial charge on any atom is -0.494 e. The molecule has 222 valence electrons. The number of rotatable bonds is 11. The third-order valence-corrected chi connectivity index (χ3v) is 7.99. The number of piperazine rings is 1. The van der Waals surface area contributed by atoms with Crippen molar-refractivity contribution in [3.8, 4) is 17.0 Å². The van der Waals surface area contributed by atoms with Gasteiger partial charge >= 0.3 is 5.97 Å². The molecule has 9 heteroatoms. The Kier molecular flexibility index (Phi) is 11.6. The van der Waals surface area contributed by atoms with Crippen molar-refractivity contribution in [1.82, 2.24) is 14.8 Å². The zero-order chi connectivity index (χ0) is 28.0. The number of carbonyl (C=O) groups excluding carboxylic acids is 1. The molecule has 0 bridgehead atoms. The second-order valence-electron chi connectivity index (χ2n) is 11.8. The summed E-state index contributed by atoms with van der Waals surface area (Å²) in [5.74, 6) is 0.106. The first-order valence-corrected chi connectivity index (χ1v) is 14.5. The van der Waals surface area contributed by atoms with Crippen molar-refractivity contribution in [2.24, 2.45) is 5.41 Å². The molecule has 1 N–H and O–H groups in total. The number of unbranched alkanes of at least 4 members (excludes halogenated alkanes) is 3. The zero-order valence-corrected chi connectivity index (χ0v) is 25.5. The maximum absolute atomic E-state index is 13.4. The molecule has 2 aliphatic heterocycles. The van der Waals surface area contributed by atoms with Crippen molar-refractivity contribution in [3.05, 3.63) is 51.3 Å². The van der Waals surface area contributed by atoms with Gasteiger partial charge in [-0.15, -0.1) is 12.4 Å². The molecule has 2 aromatic rings. The molecule has 1 atom stereocenters. The summed E-state index contributed by atoms with van der Waals surface area (Å²) in [4.78, 5) is 37.7. The molecule has 0 amide bonds. The van der Waals surface area contributed by atoms with E-state index in [1.807, 2.05) is 13.0 Å². The molecule has 8 nitrogen and oxygen atoms in total. The number of pyridine rings is 1. The van der Waals surface area contributed by atoms with Crippen molar-refractivity contribution in [1.29, 1.82) is 0 Å². The van der Waals surface area contributed by atoms with Crippen molar-refractivity contribution >= 4 is 18.4 Å². The van der Waals surface area contributed by atoms with E-state index in [0.29, 0.717) is 18.6 Å². The molecule has 1 fully saturated rings. The normalized spacial score (nSPS) is 17.0. The number of nitrogens with one attached hydrogen (secondary N) is 1. The van der Waals surface area contributed by atoms with E-state index in [4.69, 9.17) is 9.62 Å². The lowest BCUT2D eigenvalue weighted by Gasteiger charge is -2.40. The van der Waals surface area contributed by atoms with Gasteiger partial charge in [-0.1, -0.05) is 40.5 Å². The molecule has 0 radical (unpaired) electrons. The molecule has 0 spiro atoms. The molecule has 1 saturated heterocycles. The molecule has 4 rings (SSSR count). The molecule has 0 aliphatic carbocycles. The lowest BCUT2D eigenvalue weighted by molar-refractivity contribution is -0.216. The van der Waals surface area contributed by atoms with Crippen LogP contribution in [0.5, 0.6) is 5.75 Å². The van der Waals surface area contributed by atoms with Crippen LogP contribution >= 0.6 is 12.4 Å². The van der Waals surface area contributed by atoms with Gasteiger partial charge in [0, 0.05) is 49.5 Å². The molecule has 2 aliphatic rings. The third kappa shape index (κ3) is 7.46. The van der Waals surface area contributed by atoms with Crippen LogP contribution in [0, 0.1) is 5.41 Å². The van der Waals surface area contributed by atoms with E-state index in [0.717, 1.165) is 56.0 Å². The standard InChI is InChI=1S/C31H45N3O5.ClH/c1-6-24-28-25-12-11-23(38-18-10-8-7-9-15-33-16-13-32-14-17-33)19-22(25)20-27(31(2,3)4)34(28)21-26(29(24)35)30(36)39-37-5;/h11-12,19,21,27,32H,6-10,13-18,20H2,1-5H3;1H. The highest BCUT2D eigenvalue weighted by Gasteiger charge is 2.35.